The summed E-state index contributed by atoms with van der Waals surface area (Å²) in [6.07, 6.45) is 29.2. The summed E-state index contributed by atoms with van der Waals surface area (Å²) in [6.45, 7) is 5.81. The molecule has 0 heterocycles. The summed E-state index contributed by atoms with van der Waals surface area (Å²) in [7, 11) is 2.90. The molecule has 3 N–H and O–H groups in total. The number of benzene rings is 2. The molecule has 0 unspecified atom stereocenters. The molecule has 7 nitrogen and oxygen atoms in total. The third kappa shape index (κ3) is 14.6. The first-order chi connectivity index (χ1) is 23.8. The molecule has 0 aromatic heterocycles. The summed E-state index contributed by atoms with van der Waals surface area (Å²) >= 11 is 0. The molecule has 0 radical (unpaired) electrons. The minimum absolute atomic E-state index is 0.129. The number of phenolic OH excluding ortho intramolecular Hbond substituents is 3. The zero-order valence-corrected chi connectivity index (χ0v) is 31.3. The number of rotatable bonds is 27. The van der Waals surface area contributed by atoms with Gasteiger partial charge in [-0.15, -0.1) is 0 Å². The van der Waals surface area contributed by atoms with Gasteiger partial charge in [-0.2, -0.15) is 0 Å². The van der Waals surface area contributed by atoms with Crippen molar-refractivity contribution >= 4 is 12.0 Å². The van der Waals surface area contributed by atoms with Crippen molar-refractivity contribution in [3.05, 3.63) is 29.3 Å². The number of allylic oxidation sites excluding steroid dienone is 1. The van der Waals surface area contributed by atoms with E-state index in [1.54, 1.807) is 6.08 Å². The second kappa shape index (κ2) is 24.7. The zero-order valence-electron chi connectivity index (χ0n) is 31.3. The molecule has 0 saturated heterocycles. The van der Waals surface area contributed by atoms with Crippen LogP contribution < -0.4 is 14.2 Å². The standard InChI is InChI=1S/C42H66O7/c1-6-8-10-12-14-16-18-20-22-24-26-28-33-39(35(44)30-37(47-4)41(33)46)40-34(42(49-32(3)43)38(48-5)31-36(40)45)29-27-25-23-21-19-17-15-13-11-9-7-2/h26,28,30-31,44-46H,6-25,27,29H2,1-5H3. The second-order valence-electron chi connectivity index (χ2n) is 13.4. The van der Waals surface area contributed by atoms with E-state index in [4.69, 9.17) is 14.2 Å². The van der Waals surface area contributed by atoms with Gasteiger partial charge in [0.05, 0.1) is 14.2 Å². The Labute approximate surface area is 297 Å². The van der Waals surface area contributed by atoms with E-state index in [1.807, 2.05) is 6.08 Å². The van der Waals surface area contributed by atoms with E-state index in [2.05, 4.69) is 13.8 Å². The molecule has 0 aliphatic heterocycles. The summed E-state index contributed by atoms with van der Waals surface area (Å²) in [5.74, 6) is -0.375. The van der Waals surface area contributed by atoms with E-state index in [1.165, 1.54) is 130 Å². The monoisotopic (exact) mass is 682 g/mol. The van der Waals surface area contributed by atoms with Gasteiger partial charge >= 0.3 is 5.97 Å². The first-order valence-corrected chi connectivity index (χ1v) is 19.2. The smallest absolute Gasteiger partial charge is 0.308 e. The third-order valence-electron chi connectivity index (χ3n) is 9.33. The average Bonchev–Trinajstić information content (AvgIpc) is 3.08. The van der Waals surface area contributed by atoms with Gasteiger partial charge in [-0.1, -0.05) is 142 Å². The first kappa shape index (κ1) is 41.8. The van der Waals surface area contributed by atoms with Crippen molar-refractivity contribution < 1.29 is 34.3 Å². The Balaban J connectivity index is 2.31. The van der Waals surface area contributed by atoms with Crippen LogP contribution in [0.3, 0.4) is 0 Å². The second-order valence-corrected chi connectivity index (χ2v) is 13.4. The number of carbonyl (C=O) groups is 1. The summed E-state index contributed by atoms with van der Waals surface area (Å²) in [5, 5.41) is 34.2. The van der Waals surface area contributed by atoms with Crippen LogP contribution in [0.4, 0.5) is 0 Å². The largest absolute Gasteiger partial charge is 0.507 e. The van der Waals surface area contributed by atoms with Crippen molar-refractivity contribution in [2.45, 2.75) is 162 Å². The number of aromatic hydroxyl groups is 3. The van der Waals surface area contributed by atoms with Crippen LogP contribution in [0, 0.1) is 0 Å². The van der Waals surface area contributed by atoms with Crippen molar-refractivity contribution in [1.82, 2.24) is 0 Å². The molecule has 276 valence electrons. The predicted molar refractivity (Wildman–Crippen MR) is 202 cm³/mol. The molecule has 7 heteroatoms. The highest BCUT2D eigenvalue weighted by atomic mass is 16.6. The van der Waals surface area contributed by atoms with E-state index in [9.17, 15) is 20.1 Å². The molecule has 0 amide bonds. The number of carbonyl (C=O) groups excluding carboxylic acids is 1. The van der Waals surface area contributed by atoms with Gasteiger partial charge in [0.2, 0.25) is 0 Å². The van der Waals surface area contributed by atoms with Crippen molar-refractivity contribution in [3.8, 4) is 45.6 Å². The Morgan fingerprint density at radius 1 is 0.633 bits per heavy atom. The Hall–Kier alpha value is -3.35. The van der Waals surface area contributed by atoms with Gasteiger partial charge in [-0.3, -0.25) is 4.79 Å². The van der Waals surface area contributed by atoms with Crippen molar-refractivity contribution in [1.29, 1.82) is 0 Å². The minimum atomic E-state index is -0.516. The topological polar surface area (TPSA) is 105 Å². The van der Waals surface area contributed by atoms with Crippen molar-refractivity contribution in [2.75, 3.05) is 14.2 Å². The first-order valence-electron chi connectivity index (χ1n) is 19.2. The predicted octanol–water partition coefficient (Wildman–Crippen LogP) is 12.2. The van der Waals surface area contributed by atoms with E-state index < -0.39 is 5.97 Å². The lowest BCUT2D eigenvalue weighted by Gasteiger charge is -2.22. The average molecular weight is 683 g/mol. The Morgan fingerprint density at radius 2 is 1.08 bits per heavy atom. The maximum absolute atomic E-state index is 12.3. The highest BCUT2D eigenvalue weighted by Crippen LogP contribution is 2.52. The quantitative estimate of drug-likeness (QED) is 0.0373. The fourth-order valence-corrected chi connectivity index (χ4v) is 6.58. The molecular weight excluding hydrogens is 616 g/mol. The zero-order chi connectivity index (χ0) is 35.9. The fraction of sp³-hybridized carbons (Fsp3) is 0.643. The van der Waals surface area contributed by atoms with Crippen LogP contribution in [0.2, 0.25) is 0 Å². The molecule has 0 saturated carbocycles. The molecule has 2 rings (SSSR count). The maximum atomic E-state index is 12.3. The number of hydrogen-bond donors (Lipinski definition) is 3. The van der Waals surface area contributed by atoms with Crippen LogP contribution in [0.5, 0.6) is 34.5 Å². The third-order valence-corrected chi connectivity index (χ3v) is 9.33. The van der Waals surface area contributed by atoms with Crippen LogP contribution in [-0.4, -0.2) is 35.5 Å². The minimum Gasteiger partial charge on any atom is -0.507 e. The highest BCUT2D eigenvalue weighted by molar-refractivity contribution is 5.91. The van der Waals surface area contributed by atoms with Gasteiger partial charge in [-0.25, -0.2) is 0 Å². The van der Waals surface area contributed by atoms with Gasteiger partial charge in [0.15, 0.2) is 23.0 Å². The summed E-state index contributed by atoms with van der Waals surface area (Å²) in [6, 6.07) is 2.75. The molecule has 0 aliphatic rings. The van der Waals surface area contributed by atoms with Gasteiger partial charge in [0.25, 0.3) is 0 Å². The number of hydrogen-bond acceptors (Lipinski definition) is 7. The van der Waals surface area contributed by atoms with Crippen LogP contribution >= 0.6 is 0 Å². The van der Waals surface area contributed by atoms with Gasteiger partial charge in [0.1, 0.15) is 11.5 Å². The molecule has 0 aliphatic carbocycles. The fourth-order valence-electron chi connectivity index (χ4n) is 6.58. The molecule has 0 bridgehead atoms. The van der Waals surface area contributed by atoms with Crippen molar-refractivity contribution in [3.63, 3.8) is 0 Å². The lowest BCUT2D eigenvalue weighted by Crippen LogP contribution is -2.08. The molecule has 49 heavy (non-hydrogen) atoms. The van der Waals surface area contributed by atoms with Crippen LogP contribution in [0.25, 0.3) is 17.2 Å². The van der Waals surface area contributed by atoms with Gasteiger partial charge in [-0.05, 0) is 25.7 Å². The normalized spacial score (nSPS) is 11.4. The maximum Gasteiger partial charge on any atom is 0.308 e. The van der Waals surface area contributed by atoms with Crippen LogP contribution in [0.15, 0.2) is 18.2 Å². The van der Waals surface area contributed by atoms with Crippen LogP contribution in [0.1, 0.15) is 167 Å². The highest BCUT2D eigenvalue weighted by Gasteiger charge is 2.28. The number of esters is 1. The Kier molecular flexibility index (Phi) is 21.1. The van der Waals surface area contributed by atoms with E-state index in [0.717, 1.165) is 38.5 Å². The summed E-state index contributed by atoms with van der Waals surface area (Å²) in [4.78, 5) is 12.3. The molecule has 0 fully saturated rings. The summed E-state index contributed by atoms with van der Waals surface area (Å²) < 4.78 is 16.6. The van der Waals surface area contributed by atoms with Crippen molar-refractivity contribution in [2.24, 2.45) is 0 Å². The lowest BCUT2D eigenvalue weighted by molar-refractivity contribution is -0.132. The van der Waals surface area contributed by atoms with E-state index >= 15 is 0 Å². The lowest BCUT2D eigenvalue weighted by atomic mass is 9.89. The Morgan fingerprint density at radius 3 is 1.57 bits per heavy atom. The SMILES string of the molecule is CCCCCCCCCCCC=Cc1c(O)c(OC)cc(O)c1-c1c(O)cc(OC)c(OC(C)=O)c1CCCCCCCCCCCCC. The molecule has 2 aromatic rings. The van der Waals surface area contributed by atoms with Gasteiger partial charge < -0.3 is 29.5 Å². The van der Waals surface area contributed by atoms with E-state index in [-0.39, 0.29) is 40.1 Å². The number of ether oxygens (including phenoxy) is 3. The van der Waals surface area contributed by atoms with Crippen LogP contribution in [-0.2, 0) is 11.2 Å². The molecule has 0 spiro atoms. The number of methoxy groups -OCH3 is 2. The van der Waals surface area contributed by atoms with Gasteiger partial charge in [0, 0.05) is 41.3 Å². The molecule has 0 atom stereocenters. The summed E-state index contributed by atoms with van der Waals surface area (Å²) in [5.41, 5.74) is 1.45. The van der Waals surface area contributed by atoms with E-state index in [0.29, 0.717) is 23.1 Å². The Bertz CT molecular complexity index is 1270. The molecular formula is C42H66O7. The molecule has 2 aromatic carbocycles. The number of unbranched alkanes of at least 4 members (excludes halogenated alkanes) is 19. The number of phenols is 3.